The van der Waals surface area contributed by atoms with Gasteiger partial charge < -0.3 is 43.4 Å². The van der Waals surface area contributed by atoms with Gasteiger partial charge in [0.2, 0.25) is 0 Å². The molecule has 0 aliphatic carbocycles. The summed E-state index contributed by atoms with van der Waals surface area (Å²) in [5.74, 6) is 0.0880. The van der Waals surface area contributed by atoms with E-state index < -0.39 is 35.9 Å². The van der Waals surface area contributed by atoms with Crippen molar-refractivity contribution in [3.8, 4) is 28.7 Å². The summed E-state index contributed by atoms with van der Waals surface area (Å²) in [4.78, 5) is 35.9. The molecule has 1 unspecified atom stereocenters. The van der Waals surface area contributed by atoms with E-state index in [0.29, 0.717) is 65.6 Å². The molecule has 0 radical (unpaired) electrons. The standard InChI is InChI=1S/C38H52O12/c1-23(11-10-17-37(2,3)48-21-32(40)41)12-13-25-24(14-15-28(44-6)35(25)46-8)30-19-27(39)34-31(50-30)20-29(45-7)26(36(34)47-9)16-18-38(4,5)49-22-33(42)43/h12,14-15,20,30H,10-11,13,16-19,21-22H2,1-9H3,(H,40,41)(H,42,43)/b23-12+. The van der Waals surface area contributed by atoms with E-state index >= 15 is 0 Å². The fourth-order valence-electron chi connectivity index (χ4n) is 6.07. The summed E-state index contributed by atoms with van der Waals surface area (Å²) >= 11 is 0. The minimum atomic E-state index is -1.05. The first-order chi connectivity index (χ1) is 23.6. The van der Waals surface area contributed by atoms with Gasteiger partial charge in [0.05, 0.1) is 46.1 Å². The number of ether oxygens (including phenoxy) is 7. The lowest BCUT2D eigenvalue weighted by Crippen LogP contribution is -2.28. The highest BCUT2D eigenvalue weighted by atomic mass is 16.5. The first-order valence-electron chi connectivity index (χ1n) is 16.6. The van der Waals surface area contributed by atoms with Crippen LogP contribution in [0.1, 0.15) is 99.9 Å². The van der Waals surface area contributed by atoms with Crippen molar-refractivity contribution in [1.82, 2.24) is 0 Å². The molecule has 1 aliphatic rings. The van der Waals surface area contributed by atoms with E-state index in [1.54, 1.807) is 26.4 Å². The molecule has 0 fully saturated rings. The molecule has 1 heterocycles. The maximum absolute atomic E-state index is 13.9. The summed E-state index contributed by atoms with van der Waals surface area (Å²) in [6, 6.07) is 5.40. The van der Waals surface area contributed by atoms with E-state index in [2.05, 4.69) is 6.08 Å². The van der Waals surface area contributed by atoms with Crippen molar-refractivity contribution >= 4 is 17.7 Å². The van der Waals surface area contributed by atoms with E-state index in [9.17, 15) is 14.4 Å². The number of methoxy groups -OCH3 is 4. The third-order valence-electron chi connectivity index (χ3n) is 8.84. The summed E-state index contributed by atoms with van der Waals surface area (Å²) in [7, 11) is 6.18. The van der Waals surface area contributed by atoms with Crippen molar-refractivity contribution in [3.63, 3.8) is 0 Å². The van der Waals surface area contributed by atoms with Gasteiger partial charge in [0.15, 0.2) is 17.3 Å². The van der Waals surface area contributed by atoms with Crippen LogP contribution in [-0.2, 0) is 31.9 Å². The predicted octanol–water partition coefficient (Wildman–Crippen LogP) is 6.78. The van der Waals surface area contributed by atoms with Crippen LogP contribution >= 0.6 is 0 Å². The van der Waals surface area contributed by atoms with E-state index in [1.807, 2.05) is 40.7 Å². The van der Waals surface area contributed by atoms with Crippen LogP contribution in [0.25, 0.3) is 0 Å². The third-order valence-corrected chi connectivity index (χ3v) is 8.84. The fourth-order valence-corrected chi connectivity index (χ4v) is 6.07. The Morgan fingerprint density at radius 3 is 2.02 bits per heavy atom. The number of fused-ring (bicyclic) bond motifs is 1. The Morgan fingerprint density at radius 1 is 0.860 bits per heavy atom. The molecule has 2 aromatic rings. The molecule has 0 saturated heterocycles. The number of carbonyl (C=O) groups excluding carboxylic acids is 1. The number of aliphatic carboxylic acids is 2. The Balaban J connectivity index is 1.91. The summed E-state index contributed by atoms with van der Waals surface area (Å²) in [5.41, 5.74) is 2.45. The fraction of sp³-hybridized carbons (Fsp3) is 0.553. The zero-order valence-corrected chi connectivity index (χ0v) is 30.7. The Kier molecular flexibility index (Phi) is 14.1. The van der Waals surface area contributed by atoms with Crippen molar-refractivity contribution in [2.75, 3.05) is 41.7 Å². The minimum Gasteiger partial charge on any atom is -0.496 e. The number of carboxylic acids is 2. The van der Waals surface area contributed by atoms with Crippen LogP contribution < -0.4 is 23.7 Å². The van der Waals surface area contributed by atoms with Crippen LogP contribution in [0.5, 0.6) is 28.7 Å². The molecule has 50 heavy (non-hydrogen) atoms. The van der Waals surface area contributed by atoms with Crippen LogP contribution in [-0.4, -0.2) is 80.8 Å². The molecule has 0 bridgehead atoms. The maximum atomic E-state index is 13.9. The molecular formula is C38H52O12. The molecular weight excluding hydrogens is 648 g/mol. The second kappa shape index (κ2) is 17.6. The number of allylic oxidation sites excluding steroid dienone is 2. The predicted molar refractivity (Wildman–Crippen MR) is 186 cm³/mol. The van der Waals surface area contributed by atoms with Crippen LogP contribution in [0.3, 0.4) is 0 Å². The van der Waals surface area contributed by atoms with Gasteiger partial charge in [-0.05, 0) is 79.2 Å². The first kappa shape index (κ1) is 40.1. The third kappa shape index (κ3) is 10.6. The molecule has 1 aliphatic heterocycles. The molecule has 0 saturated carbocycles. The van der Waals surface area contributed by atoms with Crippen molar-refractivity contribution in [2.45, 2.75) is 96.9 Å². The molecule has 1 atom stereocenters. The molecule has 276 valence electrons. The first-order valence-corrected chi connectivity index (χ1v) is 16.6. The van der Waals surface area contributed by atoms with E-state index in [0.717, 1.165) is 29.5 Å². The van der Waals surface area contributed by atoms with E-state index in [-0.39, 0.29) is 18.8 Å². The summed E-state index contributed by atoms with van der Waals surface area (Å²) in [6.45, 7) is 8.69. The number of carboxylic acid groups (broad SMARTS) is 2. The van der Waals surface area contributed by atoms with Crippen molar-refractivity contribution < 1.29 is 57.8 Å². The molecule has 0 aromatic heterocycles. The SMILES string of the molecule is COc1cc2c(c(OC)c1CCC(C)(C)OCC(=O)O)C(=O)CC(c1ccc(OC)c(OC)c1C/C=C(\C)CCCC(C)(C)OCC(=O)O)O2. The van der Waals surface area contributed by atoms with E-state index in [1.165, 1.54) is 14.2 Å². The molecule has 12 nitrogen and oxygen atoms in total. The van der Waals surface area contributed by atoms with Crippen molar-refractivity contribution in [2.24, 2.45) is 0 Å². The number of ketones is 1. The quantitative estimate of drug-likeness (QED) is 0.140. The number of Topliss-reactive ketones (excluding diaryl/α,β-unsaturated/α-hetero) is 1. The monoisotopic (exact) mass is 700 g/mol. The van der Waals surface area contributed by atoms with Crippen molar-refractivity contribution in [1.29, 1.82) is 0 Å². The Labute approximate surface area is 294 Å². The van der Waals surface area contributed by atoms with Gasteiger partial charge in [-0.1, -0.05) is 17.7 Å². The zero-order chi connectivity index (χ0) is 37.2. The van der Waals surface area contributed by atoms with Crippen LogP contribution in [0, 0.1) is 0 Å². The van der Waals surface area contributed by atoms with E-state index in [4.69, 9.17) is 43.4 Å². The Hall–Kier alpha value is -4.29. The van der Waals surface area contributed by atoms with Crippen LogP contribution in [0.4, 0.5) is 0 Å². The van der Waals surface area contributed by atoms with Gasteiger partial charge in [-0.25, -0.2) is 9.59 Å². The lowest BCUT2D eigenvalue weighted by Gasteiger charge is -2.31. The van der Waals surface area contributed by atoms with Gasteiger partial charge in [0.25, 0.3) is 0 Å². The molecule has 2 N–H and O–H groups in total. The van der Waals surface area contributed by atoms with Gasteiger partial charge in [-0.15, -0.1) is 0 Å². The Bertz CT molecular complexity index is 1560. The summed E-state index contributed by atoms with van der Waals surface area (Å²) in [5, 5.41) is 18.0. The molecule has 2 aromatic carbocycles. The average molecular weight is 701 g/mol. The normalized spacial score (nSPS) is 14.9. The number of rotatable bonds is 20. The molecule has 12 heteroatoms. The van der Waals surface area contributed by atoms with Gasteiger partial charge in [0, 0.05) is 22.8 Å². The lowest BCUT2D eigenvalue weighted by atomic mass is 9.88. The average Bonchev–Trinajstić information content (AvgIpc) is 3.06. The largest absolute Gasteiger partial charge is 0.496 e. The van der Waals surface area contributed by atoms with Crippen molar-refractivity contribution in [3.05, 3.63) is 52.1 Å². The number of carbonyl (C=O) groups is 3. The molecule has 0 amide bonds. The highest BCUT2D eigenvalue weighted by Crippen LogP contribution is 2.48. The molecule has 3 rings (SSSR count). The highest BCUT2D eigenvalue weighted by Gasteiger charge is 2.36. The number of hydrogen-bond donors (Lipinski definition) is 2. The number of benzene rings is 2. The van der Waals surface area contributed by atoms with Gasteiger partial charge in [-0.2, -0.15) is 0 Å². The second-order valence-electron chi connectivity index (χ2n) is 13.6. The zero-order valence-electron chi connectivity index (χ0n) is 30.7. The van der Waals surface area contributed by atoms with Gasteiger partial charge >= 0.3 is 11.9 Å². The number of hydrogen-bond acceptors (Lipinski definition) is 10. The smallest absolute Gasteiger partial charge is 0.329 e. The highest BCUT2D eigenvalue weighted by molar-refractivity contribution is 6.03. The second-order valence-corrected chi connectivity index (χ2v) is 13.6. The van der Waals surface area contributed by atoms with Crippen LogP contribution in [0.15, 0.2) is 29.8 Å². The topological polar surface area (TPSA) is 156 Å². The summed E-state index contributed by atoms with van der Waals surface area (Å²) < 4.78 is 40.6. The minimum absolute atomic E-state index is 0.0545. The maximum Gasteiger partial charge on any atom is 0.329 e. The van der Waals surface area contributed by atoms with Gasteiger partial charge in [-0.3, -0.25) is 4.79 Å². The van der Waals surface area contributed by atoms with Crippen LogP contribution in [0.2, 0.25) is 0 Å². The van der Waals surface area contributed by atoms with Gasteiger partial charge in [0.1, 0.15) is 42.1 Å². The summed E-state index contributed by atoms with van der Waals surface area (Å²) in [6.07, 6.45) is 5.18. The molecule has 0 spiro atoms. The Morgan fingerprint density at radius 2 is 1.46 bits per heavy atom. The lowest BCUT2D eigenvalue weighted by molar-refractivity contribution is -0.149.